The van der Waals surface area contributed by atoms with Gasteiger partial charge < -0.3 is 20.1 Å². The van der Waals surface area contributed by atoms with Crippen LogP contribution >= 0.6 is 0 Å². The second-order valence-electron chi connectivity index (χ2n) is 3.10. The van der Waals surface area contributed by atoms with E-state index in [1.54, 1.807) is 19.1 Å². The fourth-order valence-electron chi connectivity index (χ4n) is 1.03. The topological polar surface area (TPSA) is 69.9 Å². The van der Waals surface area contributed by atoms with Crippen LogP contribution in [0.25, 0.3) is 0 Å². The number of phenols is 1. The predicted molar refractivity (Wildman–Crippen MR) is 51.4 cm³/mol. The minimum absolute atomic E-state index is 0.0438. The van der Waals surface area contributed by atoms with E-state index in [4.69, 9.17) is 20.1 Å². The molecule has 0 heterocycles. The van der Waals surface area contributed by atoms with Gasteiger partial charge in [0.1, 0.15) is 24.2 Å². The first kappa shape index (κ1) is 10.8. The zero-order chi connectivity index (χ0) is 10.6. The van der Waals surface area contributed by atoms with Crippen LogP contribution < -0.4 is 4.74 Å². The molecule has 1 rings (SSSR count). The van der Waals surface area contributed by atoms with E-state index in [1.807, 2.05) is 0 Å². The van der Waals surface area contributed by atoms with Gasteiger partial charge in [-0.3, -0.25) is 0 Å². The summed E-state index contributed by atoms with van der Waals surface area (Å²) in [6.07, 6.45) is -0.872. The highest BCUT2D eigenvalue weighted by molar-refractivity contribution is 5.38. The zero-order valence-electron chi connectivity index (χ0n) is 7.97. The lowest BCUT2D eigenvalue weighted by Gasteiger charge is -2.11. The van der Waals surface area contributed by atoms with E-state index in [9.17, 15) is 0 Å². The average Bonchev–Trinajstić information content (AvgIpc) is 2.16. The van der Waals surface area contributed by atoms with Gasteiger partial charge in [-0.25, -0.2) is 0 Å². The maximum atomic E-state index is 9.12. The summed E-state index contributed by atoms with van der Waals surface area (Å²) in [6.45, 7) is 1.51. The van der Waals surface area contributed by atoms with Gasteiger partial charge in [-0.1, -0.05) is 0 Å². The Hall–Kier alpha value is -1.26. The van der Waals surface area contributed by atoms with Crippen LogP contribution in [0.2, 0.25) is 0 Å². The molecule has 0 amide bonds. The van der Waals surface area contributed by atoms with Gasteiger partial charge in [-0.05, 0) is 30.7 Å². The second kappa shape index (κ2) is 4.83. The summed E-state index contributed by atoms with van der Waals surface area (Å²) in [5.41, 5.74) is 0.787. The minimum atomic E-state index is -0.872. The van der Waals surface area contributed by atoms with E-state index < -0.39 is 6.10 Å². The molecule has 0 fully saturated rings. The Balaban J connectivity index is 2.59. The van der Waals surface area contributed by atoms with Gasteiger partial charge in [0, 0.05) is 0 Å². The number of benzene rings is 1. The molecule has 14 heavy (non-hydrogen) atoms. The molecule has 4 heteroatoms. The van der Waals surface area contributed by atoms with Crippen molar-refractivity contribution in [2.75, 3.05) is 13.2 Å². The SMILES string of the molecule is Cc1cc(O)ccc1OCC(O)CO. The maximum Gasteiger partial charge on any atom is 0.122 e. The number of hydrogen-bond acceptors (Lipinski definition) is 4. The third-order valence-electron chi connectivity index (χ3n) is 1.80. The molecule has 0 aliphatic heterocycles. The zero-order valence-corrected chi connectivity index (χ0v) is 7.97. The van der Waals surface area contributed by atoms with Crippen molar-refractivity contribution in [2.24, 2.45) is 0 Å². The Morgan fingerprint density at radius 3 is 2.71 bits per heavy atom. The van der Waals surface area contributed by atoms with Crippen LogP contribution in [0, 0.1) is 6.92 Å². The first-order chi connectivity index (χ1) is 6.63. The summed E-state index contributed by atoms with van der Waals surface area (Å²) in [7, 11) is 0. The Morgan fingerprint density at radius 2 is 2.14 bits per heavy atom. The number of aliphatic hydroxyl groups is 2. The van der Waals surface area contributed by atoms with Gasteiger partial charge in [0.2, 0.25) is 0 Å². The molecule has 0 radical (unpaired) electrons. The average molecular weight is 198 g/mol. The van der Waals surface area contributed by atoms with Gasteiger partial charge in [0.15, 0.2) is 0 Å². The Bertz CT molecular complexity index is 298. The number of hydrogen-bond donors (Lipinski definition) is 3. The lowest BCUT2D eigenvalue weighted by molar-refractivity contribution is 0.0534. The van der Waals surface area contributed by atoms with Gasteiger partial charge in [-0.15, -0.1) is 0 Å². The van der Waals surface area contributed by atoms with Gasteiger partial charge in [0.25, 0.3) is 0 Å². The molecule has 3 N–H and O–H groups in total. The van der Waals surface area contributed by atoms with Gasteiger partial charge >= 0.3 is 0 Å². The standard InChI is InChI=1S/C10H14O4/c1-7-4-8(12)2-3-10(7)14-6-9(13)5-11/h2-4,9,11-13H,5-6H2,1H3. The maximum absolute atomic E-state index is 9.12. The van der Waals surface area contributed by atoms with Crippen molar-refractivity contribution in [3.05, 3.63) is 23.8 Å². The van der Waals surface area contributed by atoms with E-state index in [2.05, 4.69) is 0 Å². The molecule has 0 bridgehead atoms. The molecule has 0 spiro atoms. The summed E-state index contributed by atoms with van der Waals surface area (Å²) in [5, 5.41) is 26.7. The number of aryl methyl sites for hydroxylation is 1. The van der Waals surface area contributed by atoms with E-state index in [1.165, 1.54) is 6.07 Å². The van der Waals surface area contributed by atoms with Crippen LogP contribution in [-0.2, 0) is 0 Å². The van der Waals surface area contributed by atoms with E-state index >= 15 is 0 Å². The van der Waals surface area contributed by atoms with E-state index in [-0.39, 0.29) is 19.0 Å². The highest BCUT2D eigenvalue weighted by Crippen LogP contribution is 2.22. The van der Waals surface area contributed by atoms with Crippen LogP contribution in [0.5, 0.6) is 11.5 Å². The number of ether oxygens (including phenoxy) is 1. The van der Waals surface area contributed by atoms with Crippen molar-refractivity contribution < 1.29 is 20.1 Å². The summed E-state index contributed by atoms with van der Waals surface area (Å²) in [5.74, 6) is 0.771. The Morgan fingerprint density at radius 1 is 1.43 bits per heavy atom. The quantitative estimate of drug-likeness (QED) is 0.656. The van der Waals surface area contributed by atoms with Crippen LogP contribution in [0.3, 0.4) is 0 Å². The van der Waals surface area contributed by atoms with Crippen LogP contribution in [-0.4, -0.2) is 34.6 Å². The molecular weight excluding hydrogens is 184 g/mol. The fourth-order valence-corrected chi connectivity index (χ4v) is 1.03. The largest absolute Gasteiger partial charge is 0.508 e. The lowest BCUT2D eigenvalue weighted by Crippen LogP contribution is -2.21. The van der Waals surface area contributed by atoms with Crippen molar-refractivity contribution in [1.29, 1.82) is 0 Å². The molecule has 0 aliphatic carbocycles. The smallest absolute Gasteiger partial charge is 0.122 e. The third kappa shape index (κ3) is 2.90. The van der Waals surface area contributed by atoms with Crippen molar-refractivity contribution in [2.45, 2.75) is 13.0 Å². The van der Waals surface area contributed by atoms with Crippen molar-refractivity contribution in [3.63, 3.8) is 0 Å². The minimum Gasteiger partial charge on any atom is -0.508 e. The van der Waals surface area contributed by atoms with Gasteiger partial charge in [-0.2, -0.15) is 0 Å². The monoisotopic (exact) mass is 198 g/mol. The number of rotatable bonds is 4. The van der Waals surface area contributed by atoms with Gasteiger partial charge in [0.05, 0.1) is 6.61 Å². The van der Waals surface area contributed by atoms with Crippen LogP contribution in [0.15, 0.2) is 18.2 Å². The third-order valence-corrected chi connectivity index (χ3v) is 1.80. The molecule has 0 aliphatic rings. The highest BCUT2D eigenvalue weighted by Gasteiger charge is 2.05. The summed E-state index contributed by atoms with van der Waals surface area (Å²) >= 11 is 0. The van der Waals surface area contributed by atoms with Crippen molar-refractivity contribution in [1.82, 2.24) is 0 Å². The highest BCUT2D eigenvalue weighted by atomic mass is 16.5. The Labute approximate surface area is 82.4 Å². The number of aliphatic hydroxyl groups excluding tert-OH is 2. The van der Waals surface area contributed by atoms with E-state index in [0.717, 1.165) is 5.56 Å². The number of aromatic hydroxyl groups is 1. The lowest BCUT2D eigenvalue weighted by atomic mass is 10.2. The van der Waals surface area contributed by atoms with Crippen LogP contribution in [0.4, 0.5) is 0 Å². The molecule has 0 aromatic heterocycles. The van der Waals surface area contributed by atoms with Crippen molar-refractivity contribution in [3.8, 4) is 11.5 Å². The van der Waals surface area contributed by atoms with E-state index in [0.29, 0.717) is 5.75 Å². The normalized spacial score (nSPS) is 12.5. The second-order valence-corrected chi connectivity index (χ2v) is 3.10. The Kier molecular flexibility index (Phi) is 3.73. The summed E-state index contributed by atoms with van der Waals surface area (Å²) in [4.78, 5) is 0. The predicted octanol–water partition coefficient (Wildman–Crippen LogP) is 0.433. The fraction of sp³-hybridized carbons (Fsp3) is 0.400. The molecule has 4 nitrogen and oxygen atoms in total. The summed E-state index contributed by atoms with van der Waals surface area (Å²) < 4.78 is 5.22. The number of phenolic OH excluding ortho intramolecular Hbond substituents is 1. The first-order valence-electron chi connectivity index (χ1n) is 4.35. The first-order valence-corrected chi connectivity index (χ1v) is 4.35. The molecule has 1 aromatic carbocycles. The molecule has 0 saturated carbocycles. The summed E-state index contributed by atoms with van der Waals surface area (Å²) in [6, 6.07) is 4.70. The van der Waals surface area contributed by atoms with Crippen LogP contribution in [0.1, 0.15) is 5.56 Å². The molecule has 0 saturated heterocycles. The van der Waals surface area contributed by atoms with Crippen molar-refractivity contribution >= 4 is 0 Å². The molecule has 1 unspecified atom stereocenters. The molecule has 78 valence electrons. The molecular formula is C10H14O4. The molecule has 1 aromatic rings. The molecule has 1 atom stereocenters.